The van der Waals surface area contributed by atoms with Gasteiger partial charge in [0.25, 0.3) is 0 Å². The Bertz CT molecular complexity index is 2630. The van der Waals surface area contributed by atoms with Crippen LogP contribution in [-0.2, 0) is 70.4 Å². The van der Waals surface area contributed by atoms with Crippen molar-refractivity contribution in [3.05, 3.63) is 71.8 Å². The molecule has 0 radical (unpaired) electrons. The van der Waals surface area contributed by atoms with Crippen LogP contribution in [0.15, 0.2) is 65.7 Å². The van der Waals surface area contributed by atoms with Crippen molar-refractivity contribution >= 4 is 76.9 Å². The Hall–Kier alpha value is -8.77. The summed E-state index contributed by atoms with van der Waals surface area (Å²) in [5.74, 6) is -11.6. The molecule has 30 heteroatoms. The van der Waals surface area contributed by atoms with Gasteiger partial charge in [0, 0.05) is 38.8 Å². The predicted octanol–water partition coefficient (Wildman–Crippen LogP) is -5.61. The van der Waals surface area contributed by atoms with Gasteiger partial charge in [-0.15, -0.1) is 0 Å². The van der Waals surface area contributed by atoms with Gasteiger partial charge >= 0.3 is 5.97 Å². The smallest absolute Gasteiger partial charge is 0.326 e. The minimum Gasteiger partial charge on any atom is -0.480 e. The third-order valence-corrected chi connectivity index (χ3v) is 13.3. The predicted molar refractivity (Wildman–Crippen MR) is 302 cm³/mol. The van der Waals surface area contributed by atoms with Gasteiger partial charge in [0.2, 0.25) is 65.0 Å². The summed E-state index contributed by atoms with van der Waals surface area (Å²) in [5, 5.41) is 50.1. The zero-order valence-electron chi connectivity index (χ0n) is 47.3. The molecule has 0 aliphatic carbocycles. The van der Waals surface area contributed by atoms with Crippen molar-refractivity contribution in [2.75, 3.05) is 26.3 Å². The number of benzene rings is 2. The Kier molecular flexibility index (Phi) is 29.2. The van der Waals surface area contributed by atoms with Gasteiger partial charge in [-0.1, -0.05) is 74.5 Å². The number of nitrogens with two attached hydrogens (primary N) is 5. The van der Waals surface area contributed by atoms with Crippen LogP contribution in [0.2, 0.25) is 0 Å². The van der Waals surface area contributed by atoms with Crippen LogP contribution in [0.5, 0.6) is 0 Å². The fourth-order valence-corrected chi connectivity index (χ4v) is 8.76. The number of nitrogens with one attached hydrogen (secondary N) is 8. The summed E-state index contributed by atoms with van der Waals surface area (Å²) in [6.07, 6.45) is -1.06. The quantitative estimate of drug-likeness (QED) is 0.0172. The highest BCUT2D eigenvalue weighted by molar-refractivity contribution is 5.99. The number of carboxylic acid groups (broad SMARTS) is 1. The maximum atomic E-state index is 14.3. The van der Waals surface area contributed by atoms with Crippen molar-refractivity contribution in [3.8, 4) is 0 Å². The largest absolute Gasteiger partial charge is 0.480 e. The fourth-order valence-electron chi connectivity index (χ4n) is 8.76. The summed E-state index contributed by atoms with van der Waals surface area (Å²) in [6, 6.07) is 2.42. The molecule has 0 saturated carbocycles. The van der Waals surface area contributed by atoms with E-state index < -0.39 is 157 Å². The number of carbonyl (C=O) groups excluding carboxylic acids is 11. The number of primary amides is 2. The first-order valence-corrected chi connectivity index (χ1v) is 27.4. The molecule has 1 fully saturated rings. The lowest BCUT2D eigenvalue weighted by Crippen LogP contribution is -2.61. The van der Waals surface area contributed by atoms with Crippen molar-refractivity contribution in [2.24, 2.45) is 39.6 Å². The molecule has 0 aromatic heterocycles. The minimum atomic E-state index is -1.70. The summed E-state index contributed by atoms with van der Waals surface area (Å²) in [7, 11) is 0. The van der Waals surface area contributed by atoms with Crippen molar-refractivity contribution in [2.45, 2.75) is 152 Å². The van der Waals surface area contributed by atoms with E-state index in [1.807, 2.05) is 0 Å². The lowest BCUT2D eigenvalue weighted by molar-refractivity contribution is -0.143. The first-order chi connectivity index (χ1) is 39.7. The zero-order valence-corrected chi connectivity index (χ0v) is 47.3. The van der Waals surface area contributed by atoms with E-state index >= 15 is 0 Å². The molecule has 0 spiro atoms. The summed E-state index contributed by atoms with van der Waals surface area (Å²) in [5.41, 5.74) is 28.3. The maximum Gasteiger partial charge on any atom is 0.326 e. The molecule has 0 bridgehead atoms. The number of carboxylic acids is 1. The van der Waals surface area contributed by atoms with Crippen LogP contribution < -0.4 is 71.2 Å². The number of hydrogen-bond donors (Lipinski definition) is 16. The molecule has 30 nitrogen and oxygen atoms in total. The topological polar surface area (TPSA) is 507 Å². The molecule has 84 heavy (non-hydrogen) atoms. The molecule has 1 aliphatic rings. The molecule has 10 atom stereocenters. The summed E-state index contributed by atoms with van der Waals surface area (Å²) >= 11 is 0. The molecule has 1 aliphatic heterocycles. The van der Waals surface area contributed by atoms with Crippen LogP contribution in [0.25, 0.3) is 0 Å². The van der Waals surface area contributed by atoms with E-state index in [-0.39, 0.29) is 82.8 Å². The van der Waals surface area contributed by atoms with Crippen LogP contribution in [0.4, 0.5) is 0 Å². The van der Waals surface area contributed by atoms with E-state index in [9.17, 15) is 72.9 Å². The number of guanidine groups is 1. The van der Waals surface area contributed by atoms with Gasteiger partial charge in [-0.2, -0.15) is 0 Å². The Morgan fingerprint density at radius 2 is 1.01 bits per heavy atom. The molecule has 462 valence electrons. The average molecular weight is 1180 g/mol. The molecular weight excluding hydrogens is 1100 g/mol. The molecule has 2 aromatic carbocycles. The number of carbonyl (C=O) groups is 12. The maximum absolute atomic E-state index is 14.3. The van der Waals surface area contributed by atoms with Gasteiger partial charge in [0.1, 0.15) is 54.4 Å². The lowest BCUT2D eigenvalue weighted by Gasteiger charge is -2.30. The minimum absolute atomic E-state index is 0.0325. The average Bonchev–Trinajstić information content (AvgIpc) is 4.17. The van der Waals surface area contributed by atoms with Gasteiger partial charge in [-0.25, -0.2) is 4.79 Å². The summed E-state index contributed by atoms with van der Waals surface area (Å²) < 4.78 is 0. The Balaban J connectivity index is 1.83. The Morgan fingerprint density at radius 1 is 0.560 bits per heavy atom. The standard InChI is InChI=1S/C54H81N15O15/c1-29(2)24-38(53(83)84)66-48(78)37(26-32-14-8-5-9-15-32)65-47(77)34(16-10-22-60-54(58)59)63-51(81)41-17-11-23-69(41)52(82)40(28-71)68-49(79)36(25-31-12-6-4-7-13-31)64-44(74)30(3)61-46(76)35(19-21-43(57)73)62-50(80)39(27-70)67-45(75)33(55)18-20-42(56)72/h4-9,12-15,29-30,33-41,70-71H,10-11,16-28,55H2,1-3H3,(H2,56,72)(H2,57,73)(H,61,76)(H,62,80)(H,63,81)(H,64,74)(H,65,77)(H,66,78)(H,67,75)(H,68,79)(H,83,84)(H4,58,59,60)/t30-,33-,34-,35-,36-,37-,38-,39-,40-,41-/m0/s1. The number of rotatable bonds is 36. The lowest BCUT2D eigenvalue weighted by atomic mass is 10.0. The number of amides is 11. The second-order valence-corrected chi connectivity index (χ2v) is 20.6. The van der Waals surface area contributed by atoms with Crippen molar-refractivity contribution in [1.29, 1.82) is 0 Å². The molecule has 11 amide bonds. The fraction of sp³-hybridized carbons (Fsp3) is 0.537. The van der Waals surface area contributed by atoms with Crippen LogP contribution in [0.3, 0.4) is 0 Å². The van der Waals surface area contributed by atoms with Gasteiger partial charge in [0.15, 0.2) is 5.96 Å². The van der Waals surface area contributed by atoms with Crippen LogP contribution in [-0.4, -0.2) is 184 Å². The number of likely N-dealkylation sites (tertiary alicyclic amines) is 1. The summed E-state index contributed by atoms with van der Waals surface area (Å²) in [4.78, 5) is 164. The number of hydrogen-bond acceptors (Lipinski definition) is 16. The van der Waals surface area contributed by atoms with Crippen LogP contribution in [0.1, 0.15) is 89.7 Å². The zero-order chi connectivity index (χ0) is 62.6. The molecule has 21 N–H and O–H groups in total. The normalized spacial score (nSPS) is 16.0. The van der Waals surface area contributed by atoms with E-state index in [1.165, 1.54) is 6.92 Å². The first-order valence-electron chi connectivity index (χ1n) is 27.4. The second kappa shape index (κ2) is 35.3. The molecule has 1 saturated heterocycles. The third kappa shape index (κ3) is 24.0. The van der Waals surface area contributed by atoms with Crippen molar-refractivity contribution < 1.29 is 72.9 Å². The SMILES string of the molecule is CC(C)C[C@H](NC(=O)[C@H](Cc1ccccc1)NC(=O)[C@H](CCCN=C(N)N)NC(=O)[C@@H]1CCCN1C(=O)[C@H](CO)NC(=O)[C@H](Cc1ccccc1)NC(=O)[C@H](C)NC(=O)[C@H](CCC(N)=O)NC(=O)[C@H](CO)NC(=O)[C@@H](N)CCC(N)=O)C(=O)O. The first kappa shape index (κ1) is 69.5. The monoisotopic (exact) mass is 1180 g/mol. The molecule has 2 aromatic rings. The highest BCUT2D eigenvalue weighted by atomic mass is 16.4. The number of aliphatic hydroxyl groups excluding tert-OH is 2. The van der Waals surface area contributed by atoms with Gasteiger partial charge in [-0.3, -0.25) is 57.7 Å². The van der Waals surface area contributed by atoms with Crippen LogP contribution in [0, 0.1) is 5.92 Å². The number of aliphatic carboxylic acids is 1. The Labute approximate surface area is 485 Å². The van der Waals surface area contributed by atoms with Crippen molar-refractivity contribution in [3.63, 3.8) is 0 Å². The third-order valence-electron chi connectivity index (χ3n) is 13.3. The van der Waals surface area contributed by atoms with Gasteiger partial charge < -0.3 is 91.4 Å². The van der Waals surface area contributed by atoms with E-state index in [2.05, 4.69) is 47.5 Å². The van der Waals surface area contributed by atoms with Crippen LogP contribution >= 0.6 is 0 Å². The van der Waals surface area contributed by atoms with E-state index in [0.717, 1.165) is 4.90 Å². The number of nitrogens with zero attached hydrogens (tertiary/aromatic N) is 2. The molecular formula is C54H81N15O15. The van der Waals surface area contributed by atoms with Gasteiger partial charge in [-0.05, 0) is 68.9 Å². The van der Waals surface area contributed by atoms with Gasteiger partial charge in [0.05, 0.1) is 19.3 Å². The molecule has 3 rings (SSSR count). The summed E-state index contributed by atoms with van der Waals surface area (Å²) in [6.45, 7) is 2.82. The van der Waals surface area contributed by atoms with Crippen molar-refractivity contribution in [1.82, 2.24) is 47.4 Å². The van der Waals surface area contributed by atoms with E-state index in [1.54, 1.807) is 74.5 Å². The Morgan fingerprint density at radius 3 is 1.52 bits per heavy atom. The van der Waals surface area contributed by atoms with E-state index in [4.69, 9.17) is 28.7 Å². The molecule has 0 unspecified atom stereocenters. The highest BCUT2D eigenvalue weighted by Crippen LogP contribution is 2.20. The van der Waals surface area contributed by atoms with E-state index in [0.29, 0.717) is 11.1 Å². The highest BCUT2D eigenvalue weighted by Gasteiger charge is 2.40. The second-order valence-electron chi connectivity index (χ2n) is 20.6. The molecule has 1 heterocycles. The number of aliphatic imine (C=N–C) groups is 1. The number of aliphatic hydroxyl groups is 2.